The normalized spacial score (nSPS) is 24.2. The fraction of sp³-hybridized carbons (Fsp3) is 0.615. The molecule has 2 aromatic rings. The molecule has 0 spiro atoms. The van der Waals surface area contributed by atoms with Crippen molar-refractivity contribution in [3.05, 3.63) is 11.6 Å². The highest BCUT2D eigenvalue weighted by Gasteiger charge is 2.30. The number of imidazole rings is 1. The number of nitrogens with one attached hydrogen (secondary N) is 1. The van der Waals surface area contributed by atoms with E-state index in [0.717, 1.165) is 19.3 Å². The molecular weight excluding hydrogens is 308 g/mol. The Bertz CT molecular complexity index is 735. The Morgan fingerprint density at radius 3 is 2.95 bits per heavy atom. The smallest absolute Gasteiger partial charge is 0.260 e. The predicted molar refractivity (Wildman–Crippen MR) is 83.8 cm³/mol. The van der Waals surface area contributed by atoms with E-state index in [2.05, 4.69) is 16.6 Å². The summed E-state index contributed by atoms with van der Waals surface area (Å²) < 4.78 is 29.8. The van der Waals surface area contributed by atoms with Gasteiger partial charge in [-0.25, -0.2) is 18.1 Å². The molecule has 0 bridgehead atoms. The number of nitrogens with two attached hydrogens (primary N) is 1. The highest BCUT2D eigenvalue weighted by Crippen LogP contribution is 2.27. The number of hydrogen-bond acceptors (Lipinski definition) is 5. The molecule has 3 N–H and O–H groups in total. The minimum Gasteiger partial charge on any atom is -0.381 e. The van der Waals surface area contributed by atoms with Gasteiger partial charge in [0.15, 0.2) is 15.8 Å². The van der Waals surface area contributed by atoms with E-state index in [1.165, 1.54) is 24.2 Å². The number of thiazole rings is 1. The van der Waals surface area contributed by atoms with Crippen LogP contribution in [-0.4, -0.2) is 23.8 Å². The zero-order valence-corrected chi connectivity index (χ0v) is 13.6. The third kappa shape index (κ3) is 2.79. The number of nitrogens with zero attached hydrogens (tertiary/aromatic N) is 2. The Hall–Kier alpha value is -1.12. The second-order valence-electron chi connectivity index (χ2n) is 5.70. The highest BCUT2D eigenvalue weighted by atomic mass is 32.2. The molecule has 0 aliphatic heterocycles. The second-order valence-corrected chi connectivity index (χ2v) is 8.20. The minimum absolute atomic E-state index is 0.0268. The number of hydrogen-bond donors (Lipinski definition) is 2. The lowest BCUT2D eigenvalue weighted by Gasteiger charge is -2.22. The third-order valence-electron chi connectivity index (χ3n) is 4.17. The zero-order valence-electron chi connectivity index (χ0n) is 11.9. The molecule has 0 amide bonds. The fourth-order valence-electron chi connectivity index (χ4n) is 2.97. The average molecular weight is 328 g/mol. The van der Waals surface area contributed by atoms with Crippen molar-refractivity contribution < 1.29 is 8.42 Å². The Morgan fingerprint density at radius 2 is 2.14 bits per heavy atom. The SMILES string of the molecule is CC1CCCCCC1NS(=O)(=O)c1c(N)nc2sccn12. The molecule has 8 heteroatoms. The molecule has 0 aromatic carbocycles. The maximum absolute atomic E-state index is 12.7. The standard InChI is InChI=1S/C13H20N4O2S2/c1-9-5-3-2-4-6-10(9)16-21(18,19)12-11(14)15-13-17(12)7-8-20-13/h7-10,16H,2-6,14H2,1H3. The molecule has 1 aliphatic rings. The minimum atomic E-state index is -3.66. The molecule has 1 fully saturated rings. The van der Waals surface area contributed by atoms with Crippen molar-refractivity contribution in [2.24, 2.45) is 5.92 Å². The van der Waals surface area contributed by atoms with Crippen molar-refractivity contribution in [2.75, 3.05) is 5.73 Å². The van der Waals surface area contributed by atoms with E-state index in [0.29, 0.717) is 10.9 Å². The quantitative estimate of drug-likeness (QED) is 0.846. The topological polar surface area (TPSA) is 89.5 Å². The zero-order chi connectivity index (χ0) is 15.0. The van der Waals surface area contributed by atoms with E-state index in [1.54, 1.807) is 16.0 Å². The molecule has 0 radical (unpaired) electrons. The van der Waals surface area contributed by atoms with Crippen LogP contribution in [0.5, 0.6) is 0 Å². The summed E-state index contributed by atoms with van der Waals surface area (Å²) in [5.74, 6) is 0.407. The first kappa shape index (κ1) is 14.8. The van der Waals surface area contributed by atoms with Gasteiger partial charge in [-0.05, 0) is 18.8 Å². The largest absolute Gasteiger partial charge is 0.381 e. The van der Waals surface area contributed by atoms with Crippen LogP contribution >= 0.6 is 11.3 Å². The summed E-state index contributed by atoms with van der Waals surface area (Å²) in [7, 11) is -3.66. The predicted octanol–water partition coefficient (Wildman–Crippen LogP) is 2.23. The van der Waals surface area contributed by atoms with Gasteiger partial charge in [-0.2, -0.15) is 0 Å². The molecule has 116 valence electrons. The van der Waals surface area contributed by atoms with E-state index in [-0.39, 0.29) is 16.9 Å². The number of anilines is 1. The van der Waals surface area contributed by atoms with Gasteiger partial charge in [0.05, 0.1) is 0 Å². The van der Waals surface area contributed by atoms with E-state index in [1.807, 2.05) is 0 Å². The number of sulfonamides is 1. The summed E-state index contributed by atoms with van der Waals surface area (Å²) in [5.41, 5.74) is 5.81. The van der Waals surface area contributed by atoms with Crippen molar-refractivity contribution in [1.29, 1.82) is 0 Å². The summed E-state index contributed by atoms with van der Waals surface area (Å²) in [6.45, 7) is 2.11. The van der Waals surface area contributed by atoms with E-state index in [4.69, 9.17) is 5.73 Å². The van der Waals surface area contributed by atoms with Gasteiger partial charge in [-0.1, -0.05) is 26.2 Å². The van der Waals surface area contributed by atoms with Crippen LogP contribution in [0.15, 0.2) is 16.6 Å². The van der Waals surface area contributed by atoms with E-state index >= 15 is 0 Å². The molecule has 0 saturated heterocycles. The number of rotatable bonds is 3. The number of nitrogen functional groups attached to an aromatic ring is 1. The summed E-state index contributed by atoms with van der Waals surface area (Å²) in [4.78, 5) is 4.71. The summed E-state index contributed by atoms with van der Waals surface area (Å²) in [6.07, 6.45) is 7.03. The van der Waals surface area contributed by atoms with Crippen LogP contribution in [-0.2, 0) is 10.0 Å². The number of aromatic nitrogens is 2. The first-order chi connectivity index (χ1) is 9.99. The van der Waals surface area contributed by atoms with Gasteiger partial charge in [0.1, 0.15) is 0 Å². The maximum atomic E-state index is 12.7. The van der Waals surface area contributed by atoms with E-state index < -0.39 is 10.0 Å². The molecule has 2 heterocycles. The molecule has 1 aliphatic carbocycles. The van der Waals surface area contributed by atoms with Gasteiger partial charge in [0, 0.05) is 17.6 Å². The lowest BCUT2D eigenvalue weighted by Crippen LogP contribution is -2.39. The second kappa shape index (κ2) is 5.58. The highest BCUT2D eigenvalue weighted by molar-refractivity contribution is 7.89. The third-order valence-corrected chi connectivity index (χ3v) is 6.45. The van der Waals surface area contributed by atoms with Crippen molar-refractivity contribution in [2.45, 2.75) is 50.1 Å². The van der Waals surface area contributed by atoms with Crippen LogP contribution in [0.1, 0.15) is 39.0 Å². The average Bonchev–Trinajstić information content (AvgIpc) is 2.89. The molecule has 2 aromatic heterocycles. The van der Waals surface area contributed by atoms with Gasteiger partial charge in [-0.15, -0.1) is 11.3 Å². The first-order valence-corrected chi connectivity index (χ1v) is 9.58. The lowest BCUT2D eigenvalue weighted by atomic mass is 9.98. The van der Waals surface area contributed by atoms with Gasteiger partial charge >= 0.3 is 0 Å². The molecule has 2 atom stereocenters. The van der Waals surface area contributed by atoms with Crippen LogP contribution < -0.4 is 10.5 Å². The molecule has 3 rings (SSSR count). The van der Waals surface area contributed by atoms with Gasteiger partial charge in [0.25, 0.3) is 10.0 Å². The Morgan fingerprint density at radius 1 is 1.38 bits per heavy atom. The maximum Gasteiger partial charge on any atom is 0.260 e. The van der Waals surface area contributed by atoms with Crippen LogP contribution in [0, 0.1) is 5.92 Å². The number of fused-ring (bicyclic) bond motifs is 1. The van der Waals surface area contributed by atoms with Gasteiger partial charge < -0.3 is 5.73 Å². The van der Waals surface area contributed by atoms with Crippen LogP contribution in [0.3, 0.4) is 0 Å². The van der Waals surface area contributed by atoms with Gasteiger partial charge in [-0.3, -0.25) is 4.40 Å². The van der Waals surface area contributed by atoms with Crippen molar-refractivity contribution in [1.82, 2.24) is 14.1 Å². The molecule has 2 unspecified atom stereocenters. The van der Waals surface area contributed by atoms with Crippen molar-refractivity contribution >= 4 is 32.1 Å². The Balaban J connectivity index is 1.93. The summed E-state index contributed by atoms with van der Waals surface area (Å²) in [5, 5.41) is 1.87. The van der Waals surface area contributed by atoms with Crippen molar-refractivity contribution in [3.63, 3.8) is 0 Å². The fourth-order valence-corrected chi connectivity index (χ4v) is 5.34. The molecular formula is C13H20N4O2S2. The van der Waals surface area contributed by atoms with Crippen molar-refractivity contribution in [3.8, 4) is 0 Å². The van der Waals surface area contributed by atoms with Crippen LogP contribution in [0.25, 0.3) is 4.96 Å². The monoisotopic (exact) mass is 328 g/mol. The van der Waals surface area contributed by atoms with E-state index in [9.17, 15) is 8.42 Å². The Labute approximate surface area is 128 Å². The molecule has 6 nitrogen and oxygen atoms in total. The van der Waals surface area contributed by atoms with Crippen LogP contribution in [0.2, 0.25) is 0 Å². The molecule has 1 saturated carbocycles. The summed E-state index contributed by atoms with van der Waals surface area (Å²) in [6, 6.07) is -0.0268. The summed E-state index contributed by atoms with van der Waals surface area (Å²) >= 11 is 1.37. The lowest BCUT2D eigenvalue weighted by molar-refractivity contribution is 0.399. The first-order valence-electron chi connectivity index (χ1n) is 7.22. The molecule has 21 heavy (non-hydrogen) atoms. The van der Waals surface area contributed by atoms with Gasteiger partial charge in [0.2, 0.25) is 0 Å². The Kier molecular flexibility index (Phi) is 3.94. The van der Waals surface area contributed by atoms with Crippen LogP contribution in [0.4, 0.5) is 5.82 Å².